The molecule has 1 unspecified atom stereocenters. The quantitative estimate of drug-likeness (QED) is 0.583. The highest BCUT2D eigenvalue weighted by atomic mass is 79.9. The molecule has 0 spiro atoms. The summed E-state index contributed by atoms with van der Waals surface area (Å²) in [7, 11) is 1.66. The molecular formula is C13H14Br2N2OS. The van der Waals surface area contributed by atoms with Gasteiger partial charge in [0.15, 0.2) is 0 Å². The van der Waals surface area contributed by atoms with Gasteiger partial charge in [-0.25, -0.2) is 0 Å². The van der Waals surface area contributed by atoms with Gasteiger partial charge in [-0.15, -0.1) is 11.3 Å². The van der Waals surface area contributed by atoms with E-state index >= 15 is 0 Å². The van der Waals surface area contributed by atoms with Crippen molar-refractivity contribution in [1.29, 1.82) is 0 Å². The van der Waals surface area contributed by atoms with Crippen LogP contribution in [0.5, 0.6) is 5.75 Å². The van der Waals surface area contributed by atoms with Gasteiger partial charge in [0.2, 0.25) is 0 Å². The van der Waals surface area contributed by atoms with Crippen molar-refractivity contribution in [2.45, 2.75) is 12.5 Å². The molecule has 1 atom stereocenters. The summed E-state index contributed by atoms with van der Waals surface area (Å²) < 4.78 is 7.27. The van der Waals surface area contributed by atoms with Gasteiger partial charge in [0.05, 0.1) is 17.6 Å². The molecule has 0 amide bonds. The van der Waals surface area contributed by atoms with Crippen LogP contribution >= 0.6 is 43.2 Å². The van der Waals surface area contributed by atoms with E-state index in [0.717, 1.165) is 21.1 Å². The number of hydrazine groups is 1. The van der Waals surface area contributed by atoms with Gasteiger partial charge >= 0.3 is 0 Å². The average Bonchev–Trinajstić information content (AvgIpc) is 2.82. The number of methoxy groups -OCH3 is 1. The van der Waals surface area contributed by atoms with Crippen LogP contribution < -0.4 is 16.0 Å². The van der Waals surface area contributed by atoms with Crippen LogP contribution in [0.4, 0.5) is 0 Å². The highest BCUT2D eigenvalue weighted by Crippen LogP contribution is 2.30. The lowest BCUT2D eigenvalue weighted by molar-refractivity contribution is 0.412. The van der Waals surface area contributed by atoms with Crippen LogP contribution in [-0.2, 0) is 6.42 Å². The molecule has 2 aromatic rings. The van der Waals surface area contributed by atoms with Crippen LogP contribution in [0.2, 0.25) is 0 Å². The summed E-state index contributed by atoms with van der Waals surface area (Å²) in [5.41, 5.74) is 4.07. The average molecular weight is 406 g/mol. The van der Waals surface area contributed by atoms with Crippen molar-refractivity contribution in [2.24, 2.45) is 5.84 Å². The number of thiophene rings is 1. The second kappa shape index (κ2) is 6.85. The molecule has 1 aromatic carbocycles. The summed E-state index contributed by atoms with van der Waals surface area (Å²) in [5.74, 6) is 6.49. The number of rotatable bonds is 5. The predicted octanol–water partition coefficient (Wildman–Crippen LogP) is 4.03. The minimum Gasteiger partial charge on any atom is -0.496 e. The largest absolute Gasteiger partial charge is 0.496 e. The maximum Gasteiger partial charge on any atom is 0.133 e. The summed E-state index contributed by atoms with van der Waals surface area (Å²) in [6.07, 6.45) is 0.825. The van der Waals surface area contributed by atoms with Crippen molar-refractivity contribution >= 4 is 43.2 Å². The van der Waals surface area contributed by atoms with Crippen LogP contribution in [0, 0.1) is 0 Å². The first-order valence-electron chi connectivity index (χ1n) is 5.66. The summed E-state index contributed by atoms with van der Waals surface area (Å²) in [6, 6.07) is 8.27. The van der Waals surface area contributed by atoms with E-state index in [9.17, 15) is 0 Å². The van der Waals surface area contributed by atoms with Crippen molar-refractivity contribution in [2.75, 3.05) is 7.11 Å². The van der Waals surface area contributed by atoms with E-state index in [1.165, 1.54) is 10.4 Å². The van der Waals surface area contributed by atoms with Crippen molar-refractivity contribution in [1.82, 2.24) is 5.43 Å². The molecule has 6 heteroatoms. The zero-order valence-corrected chi connectivity index (χ0v) is 14.3. The smallest absolute Gasteiger partial charge is 0.133 e. The van der Waals surface area contributed by atoms with E-state index in [4.69, 9.17) is 10.6 Å². The standard InChI is InChI=1S/C13H14Br2N2OS/c1-18-12-3-2-8(4-10(12)15)5-11(17-16)13-6-9(14)7-19-13/h2-4,6-7,11,17H,5,16H2,1H3. The van der Waals surface area contributed by atoms with Crippen molar-refractivity contribution < 1.29 is 4.74 Å². The van der Waals surface area contributed by atoms with Gasteiger partial charge < -0.3 is 4.74 Å². The maximum absolute atomic E-state index is 5.66. The Kier molecular flexibility index (Phi) is 5.41. The Labute approximate surface area is 133 Å². The summed E-state index contributed by atoms with van der Waals surface area (Å²) in [6.45, 7) is 0. The van der Waals surface area contributed by atoms with E-state index in [0.29, 0.717) is 0 Å². The van der Waals surface area contributed by atoms with Crippen LogP contribution in [0.25, 0.3) is 0 Å². The molecule has 2 rings (SSSR count). The Morgan fingerprint density at radius 1 is 1.37 bits per heavy atom. The number of ether oxygens (including phenoxy) is 1. The zero-order valence-electron chi connectivity index (χ0n) is 10.3. The van der Waals surface area contributed by atoms with Crippen LogP contribution in [0.15, 0.2) is 38.6 Å². The second-order valence-corrected chi connectivity index (χ2v) is 6.77. The molecule has 19 heavy (non-hydrogen) atoms. The molecule has 0 aliphatic rings. The number of nitrogens with two attached hydrogens (primary N) is 1. The lowest BCUT2D eigenvalue weighted by Crippen LogP contribution is -2.28. The number of hydrogen-bond donors (Lipinski definition) is 2. The SMILES string of the molecule is COc1ccc(CC(NN)c2cc(Br)cs2)cc1Br. The second-order valence-electron chi connectivity index (χ2n) is 4.06. The molecule has 0 fully saturated rings. The van der Waals surface area contributed by atoms with Gasteiger partial charge in [0.1, 0.15) is 5.75 Å². The lowest BCUT2D eigenvalue weighted by Gasteiger charge is -2.15. The minimum absolute atomic E-state index is 0.108. The Morgan fingerprint density at radius 2 is 2.16 bits per heavy atom. The molecular weight excluding hydrogens is 392 g/mol. The van der Waals surface area contributed by atoms with E-state index in [1.807, 2.05) is 6.07 Å². The van der Waals surface area contributed by atoms with Gasteiger partial charge in [0, 0.05) is 14.7 Å². The molecule has 102 valence electrons. The molecule has 3 nitrogen and oxygen atoms in total. The molecule has 0 aliphatic heterocycles. The van der Waals surface area contributed by atoms with Gasteiger partial charge in [0.25, 0.3) is 0 Å². The number of nitrogens with one attached hydrogen (secondary N) is 1. The lowest BCUT2D eigenvalue weighted by atomic mass is 10.1. The fourth-order valence-corrected chi connectivity index (χ4v) is 3.92. The Balaban J connectivity index is 2.16. The first kappa shape index (κ1) is 15.0. The van der Waals surface area contributed by atoms with Crippen molar-refractivity contribution in [3.8, 4) is 5.75 Å². The van der Waals surface area contributed by atoms with Gasteiger partial charge in [-0.3, -0.25) is 11.3 Å². The Morgan fingerprint density at radius 3 is 2.68 bits per heavy atom. The highest BCUT2D eigenvalue weighted by Gasteiger charge is 2.13. The van der Waals surface area contributed by atoms with Crippen LogP contribution in [0.1, 0.15) is 16.5 Å². The number of benzene rings is 1. The molecule has 0 saturated carbocycles. The fraction of sp³-hybridized carbons (Fsp3) is 0.231. The summed E-state index contributed by atoms with van der Waals surface area (Å²) in [4.78, 5) is 1.21. The van der Waals surface area contributed by atoms with E-state index in [1.54, 1.807) is 18.4 Å². The van der Waals surface area contributed by atoms with Gasteiger partial charge in [-0.05, 0) is 62.0 Å². The molecule has 0 saturated heterocycles. The fourth-order valence-electron chi connectivity index (χ4n) is 1.83. The van der Waals surface area contributed by atoms with E-state index < -0.39 is 0 Å². The number of halogens is 2. The topological polar surface area (TPSA) is 47.3 Å². The van der Waals surface area contributed by atoms with Gasteiger partial charge in [-0.2, -0.15) is 0 Å². The molecule has 3 N–H and O–H groups in total. The van der Waals surface area contributed by atoms with Crippen molar-refractivity contribution in [3.05, 3.63) is 49.0 Å². The normalized spacial score (nSPS) is 12.4. The highest BCUT2D eigenvalue weighted by molar-refractivity contribution is 9.10. The summed E-state index contributed by atoms with van der Waals surface area (Å²) in [5, 5.41) is 2.06. The predicted molar refractivity (Wildman–Crippen MR) is 86.5 cm³/mol. The first-order valence-corrected chi connectivity index (χ1v) is 8.13. The maximum atomic E-state index is 5.66. The summed E-state index contributed by atoms with van der Waals surface area (Å²) >= 11 is 8.65. The third kappa shape index (κ3) is 3.79. The molecule has 0 aliphatic carbocycles. The van der Waals surface area contributed by atoms with Crippen LogP contribution in [-0.4, -0.2) is 7.11 Å². The van der Waals surface area contributed by atoms with Crippen LogP contribution in [0.3, 0.4) is 0 Å². The number of hydrogen-bond acceptors (Lipinski definition) is 4. The minimum atomic E-state index is 0.108. The monoisotopic (exact) mass is 404 g/mol. The third-order valence-corrected chi connectivity index (χ3v) is 5.22. The molecule has 1 aromatic heterocycles. The zero-order chi connectivity index (χ0) is 13.8. The van der Waals surface area contributed by atoms with E-state index in [-0.39, 0.29) is 6.04 Å². The van der Waals surface area contributed by atoms with Gasteiger partial charge in [-0.1, -0.05) is 6.07 Å². The Hall–Kier alpha value is -0.400. The van der Waals surface area contributed by atoms with Crippen molar-refractivity contribution in [3.63, 3.8) is 0 Å². The first-order chi connectivity index (χ1) is 9.13. The molecule has 0 radical (unpaired) electrons. The third-order valence-electron chi connectivity index (χ3n) is 2.79. The molecule has 1 heterocycles. The van der Waals surface area contributed by atoms with E-state index in [2.05, 4.69) is 60.9 Å². The molecule has 0 bridgehead atoms. The Bertz CT molecular complexity index is 559.